The summed E-state index contributed by atoms with van der Waals surface area (Å²) in [7, 11) is 3.24. The molecular weight excluding hydrogens is 362 g/mol. The number of primary amides is 1. The molecule has 148 valence electrons. The molecule has 1 atom stereocenters. The maximum absolute atomic E-state index is 11.5. The van der Waals surface area contributed by atoms with Crippen molar-refractivity contribution in [3.8, 4) is 11.5 Å². The number of nitro benzene ring substituents is 1. The zero-order valence-corrected chi connectivity index (χ0v) is 15.9. The second kappa shape index (κ2) is 8.26. The lowest BCUT2D eigenvalue weighted by molar-refractivity contribution is -0.385. The molecule has 3 rings (SSSR count). The zero-order chi connectivity index (χ0) is 20.3. The van der Waals surface area contributed by atoms with Gasteiger partial charge >= 0.3 is 0 Å². The first-order valence-electron chi connectivity index (χ1n) is 8.97. The van der Waals surface area contributed by atoms with Gasteiger partial charge in [0.1, 0.15) is 11.5 Å². The number of carbonyl (C=O) groups is 1. The SMILES string of the molecule is COc1ccc(OC)c(C2CCCN2Cc2ccc(C(N)=O)cc2[N+](=O)[O-])c1. The molecule has 0 radical (unpaired) electrons. The summed E-state index contributed by atoms with van der Waals surface area (Å²) in [6, 6.07) is 10.1. The van der Waals surface area contributed by atoms with Crippen LogP contribution in [0.3, 0.4) is 0 Å². The molecule has 1 unspecified atom stereocenters. The van der Waals surface area contributed by atoms with Crippen molar-refractivity contribution < 1.29 is 19.2 Å². The Morgan fingerprint density at radius 3 is 2.68 bits per heavy atom. The van der Waals surface area contributed by atoms with Crippen molar-refractivity contribution >= 4 is 11.6 Å². The minimum atomic E-state index is -0.685. The van der Waals surface area contributed by atoms with Crippen LogP contribution in [0, 0.1) is 10.1 Å². The molecule has 2 aromatic carbocycles. The van der Waals surface area contributed by atoms with Gasteiger partial charge in [0, 0.05) is 35.3 Å². The quantitative estimate of drug-likeness (QED) is 0.580. The number of ether oxygens (including phenoxy) is 2. The standard InChI is InChI=1S/C20H23N3O5/c1-27-15-7-8-19(28-2)16(11-15)17-4-3-9-22(17)12-14-6-5-13(20(21)24)10-18(14)23(25)26/h5-8,10-11,17H,3-4,9,12H2,1-2H3,(H2,21,24). The molecule has 2 aromatic rings. The highest BCUT2D eigenvalue weighted by Gasteiger charge is 2.30. The van der Waals surface area contributed by atoms with E-state index in [0.717, 1.165) is 36.4 Å². The van der Waals surface area contributed by atoms with Crippen molar-refractivity contribution in [3.63, 3.8) is 0 Å². The number of nitrogens with two attached hydrogens (primary N) is 1. The first-order valence-corrected chi connectivity index (χ1v) is 8.97. The van der Waals surface area contributed by atoms with E-state index in [9.17, 15) is 14.9 Å². The maximum Gasteiger partial charge on any atom is 0.274 e. The Hall–Kier alpha value is -3.13. The first-order chi connectivity index (χ1) is 13.4. The van der Waals surface area contributed by atoms with Crippen LogP contribution in [-0.2, 0) is 6.54 Å². The van der Waals surface area contributed by atoms with Crippen LogP contribution in [0.1, 0.15) is 40.4 Å². The van der Waals surface area contributed by atoms with Crippen molar-refractivity contribution in [2.24, 2.45) is 5.73 Å². The van der Waals surface area contributed by atoms with Gasteiger partial charge in [-0.05, 0) is 43.7 Å². The van der Waals surface area contributed by atoms with Crippen LogP contribution in [0.15, 0.2) is 36.4 Å². The molecule has 1 aliphatic rings. The molecule has 8 nitrogen and oxygen atoms in total. The number of benzene rings is 2. The third-order valence-electron chi connectivity index (χ3n) is 5.10. The van der Waals surface area contributed by atoms with E-state index < -0.39 is 10.8 Å². The van der Waals surface area contributed by atoms with Gasteiger partial charge in [0.25, 0.3) is 5.69 Å². The monoisotopic (exact) mass is 385 g/mol. The highest BCUT2D eigenvalue weighted by molar-refractivity contribution is 5.93. The van der Waals surface area contributed by atoms with Crippen molar-refractivity contribution in [3.05, 3.63) is 63.2 Å². The van der Waals surface area contributed by atoms with Gasteiger partial charge in [0.15, 0.2) is 0 Å². The van der Waals surface area contributed by atoms with Gasteiger partial charge in [-0.2, -0.15) is 0 Å². The molecule has 0 aliphatic carbocycles. The highest BCUT2D eigenvalue weighted by atomic mass is 16.6. The van der Waals surface area contributed by atoms with E-state index in [4.69, 9.17) is 15.2 Å². The molecule has 1 aliphatic heterocycles. The van der Waals surface area contributed by atoms with Gasteiger partial charge in [0.2, 0.25) is 5.91 Å². The molecule has 1 amide bonds. The predicted octanol–water partition coefficient (Wildman–Crippen LogP) is 3.05. The van der Waals surface area contributed by atoms with E-state index in [1.807, 2.05) is 18.2 Å². The second-order valence-corrected chi connectivity index (χ2v) is 6.70. The van der Waals surface area contributed by atoms with Gasteiger partial charge in [-0.15, -0.1) is 0 Å². The van der Waals surface area contributed by atoms with E-state index >= 15 is 0 Å². The minimum Gasteiger partial charge on any atom is -0.497 e. The third kappa shape index (κ3) is 3.91. The Balaban J connectivity index is 1.93. The summed E-state index contributed by atoms with van der Waals surface area (Å²) in [5.41, 5.74) is 6.83. The molecule has 1 saturated heterocycles. The number of hydrogen-bond donors (Lipinski definition) is 1. The van der Waals surface area contributed by atoms with Gasteiger partial charge in [-0.1, -0.05) is 6.07 Å². The minimum absolute atomic E-state index is 0.0560. The van der Waals surface area contributed by atoms with Crippen LogP contribution < -0.4 is 15.2 Å². The van der Waals surface area contributed by atoms with Crippen LogP contribution in [0.4, 0.5) is 5.69 Å². The van der Waals surface area contributed by atoms with Gasteiger partial charge < -0.3 is 15.2 Å². The van der Waals surface area contributed by atoms with Crippen LogP contribution in [-0.4, -0.2) is 36.5 Å². The van der Waals surface area contributed by atoms with Crippen molar-refractivity contribution in [2.75, 3.05) is 20.8 Å². The summed E-state index contributed by atoms with van der Waals surface area (Å²) in [4.78, 5) is 24.6. The van der Waals surface area contributed by atoms with Crippen LogP contribution in [0.25, 0.3) is 0 Å². The number of carbonyl (C=O) groups excluding carboxylic acids is 1. The van der Waals surface area contributed by atoms with Gasteiger partial charge in [-0.25, -0.2) is 0 Å². The van der Waals surface area contributed by atoms with Crippen molar-refractivity contribution in [1.82, 2.24) is 4.90 Å². The number of rotatable bonds is 7. The summed E-state index contributed by atoms with van der Waals surface area (Å²) in [6.07, 6.45) is 1.88. The lowest BCUT2D eigenvalue weighted by Crippen LogP contribution is -2.24. The fraction of sp³-hybridized carbons (Fsp3) is 0.350. The summed E-state index contributed by atoms with van der Waals surface area (Å²) in [6.45, 7) is 1.19. The Morgan fingerprint density at radius 1 is 1.25 bits per heavy atom. The smallest absolute Gasteiger partial charge is 0.274 e. The molecule has 0 saturated carbocycles. The molecule has 2 N–H and O–H groups in total. The number of amides is 1. The van der Waals surface area contributed by atoms with E-state index in [1.54, 1.807) is 20.3 Å². The average Bonchev–Trinajstić information content (AvgIpc) is 3.15. The van der Waals surface area contributed by atoms with Crippen LogP contribution in [0.2, 0.25) is 0 Å². The number of methoxy groups -OCH3 is 2. The lowest BCUT2D eigenvalue weighted by atomic mass is 10.0. The Morgan fingerprint density at radius 2 is 2.04 bits per heavy atom. The normalized spacial score (nSPS) is 16.7. The van der Waals surface area contributed by atoms with Crippen molar-refractivity contribution in [2.45, 2.75) is 25.4 Å². The largest absolute Gasteiger partial charge is 0.497 e. The number of nitro groups is 1. The fourth-order valence-corrected chi connectivity index (χ4v) is 3.71. The predicted molar refractivity (Wildman–Crippen MR) is 104 cm³/mol. The van der Waals surface area contributed by atoms with Crippen LogP contribution in [0.5, 0.6) is 11.5 Å². The molecule has 8 heteroatoms. The van der Waals surface area contributed by atoms with E-state index in [-0.39, 0.29) is 17.3 Å². The fourth-order valence-electron chi connectivity index (χ4n) is 3.71. The molecule has 1 heterocycles. The molecule has 28 heavy (non-hydrogen) atoms. The first kappa shape index (κ1) is 19.6. The van der Waals surface area contributed by atoms with E-state index in [2.05, 4.69) is 4.90 Å². The zero-order valence-electron chi connectivity index (χ0n) is 15.9. The maximum atomic E-state index is 11.5. The molecule has 0 spiro atoms. The van der Waals surface area contributed by atoms with Crippen molar-refractivity contribution in [1.29, 1.82) is 0 Å². The highest BCUT2D eigenvalue weighted by Crippen LogP contribution is 2.40. The van der Waals surface area contributed by atoms with Gasteiger partial charge in [-0.3, -0.25) is 19.8 Å². The van der Waals surface area contributed by atoms with Gasteiger partial charge in [0.05, 0.1) is 19.1 Å². The Labute approximate surface area is 163 Å². The molecule has 0 bridgehead atoms. The molecular formula is C20H23N3O5. The van der Waals surface area contributed by atoms with E-state index in [1.165, 1.54) is 12.1 Å². The Bertz CT molecular complexity index is 899. The topological polar surface area (TPSA) is 108 Å². The molecule has 1 fully saturated rings. The lowest BCUT2D eigenvalue weighted by Gasteiger charge is -2.26. The summed E-state index contributed by atoms with van der Waals surface area (Å²) >= 11 is 0. The Kier molecular flexibility index (Phi) is 5.79. The van der Waals surface area contributed by atoms with E-state index in [0.29, 0.717) is 12.1 Å². The summed E-state index contributed by atoms with van der Waals surface area (Å²) < 4.78 is 10.9. The third-order valence-corrected chi connectivity index (χ3v) is 5.10. The second-order valence-electron chi connectivity index (χ2n) is 6.70. The summed E-state index contributed by atoms with van der Waals surface area (Å²) in [5.74, 6) is 0.811. The average molecular weight is 385 g/mol. The van der Waals surface area contributed by atoms with Crippen LogP contribution >= 0.6 is 0 Å². The number of likely N-dealkylation sites (tertiary alicyclic amines) is 1. The molecule has 0 aromatic heterocycles. The number of hydrogen-bond acceptors (Lipinski definition) is 6. The summed E-state index contributed by atoms with van der Waals surface area (Å²) in [5, 5.41) is 11.5. The number of nitrogens with zero attached hydrogens (tertiary/aromatic N) is 2.